The Bertz CT molecular complexity index is 181. The van der Waals surface area contributed by atoms with Gasteiger partial charge in [-0.15, -0.1) is 0 Å². The molecule has 0 bridgehead atoms. The lowest BCUT2D eigenvalue weighted by atomic mass is 9.84. The molecule has 1 rings (SSSR count). The Labute approximate surface area is 88.4 Å². The minimum Gasteiger partial charge on any atom is -0.387 e. The summed E-state index contributed by atoms with van der Waals surface area (Å²) < 4.78 is 15.2. The first-order chi connectivity index (χ1) is 7.08. The van der Waals surface area contributed by atoms with Crippen molar-refractivity contribution in [2.24, 2.45) is 0 Å². The predicted octanol–water partition coefficient (Wildman–Crippen LogP) is -1.87. The van der Waals surface area contributed by atoms with Crippen molar-refractivity contribution in [2.45, 2.75) is 36.6 Å². The van der Waals surface area contributed by atoms with Crippen molar-refractivity contribution in [3.63, 3.8) is 0 Å². The summed E-state index contributed by atoms with van der Waals surface area (Å²) in [5, 5.41) is 28.9. The van der Waals surface area contributed by atoms with Crippen LogP contribution in [0.3, 0.4) is 0 Å². The van der Waals surface area contributed by atoms with Crippen molar-refractivity contribution in [3.8, 4) is 0 Å². The fourth-order valence-corrected chi connectivity index (χ4v) is 1.98. The largest absolute Gasteiger partial charge is 0.387 e. The van der Waals surface area contributed by atoms with Gasteiger partial charge in [-0.3, -0.25) is 0 Å². The minimum absolute atomic E-state index is 0.617. The van der Waals surface area contributed by atoms with Gasteiger partial charge in [-0.05, 0) is 0 Å². The van der Waals surface area contributed by atoms with Crippen LogP contribution in [0.15, 0.2) is 0 Å². The zero-order valence-electron chi connectivity index (χ0n) is 9.03. The van der Waals surface area contributed by atoms with Crippen LogP contribution in [0, 0.1) is 0 Å². The molecule has 1 fully saturated rings. The second-order valence-corrected chi connectivity index (χ2v) is 3.57. The van der Waals surface area contributed by atoms with Gasteiger partial charge in [0, 0.05) is 21.3 Å². The van der Waals surface area contributed by atoms with Gasteiger partial charge in [0.25, 0.3) is 0 Å². The summed E-state index contributed by atoms with van der Waals surface area (Å²) in [6, 6.07) is 0. The molecule has 3 N–H and O–H groups in total. The summed E-state index contributed by atoms with van der Waals surface area (Å²) in [4.78, 5) is 0. The number of aliphatic hydroxyl groups excluding tert-OH is 3. The average molecular weight is 222 g/mol. The van der Waals surface area contributed by atoms with Crippen LogP contribution in [-0.4, -0.2) is 73.3 Å². The topological polar surface area (TPSA) is 88.4 Å². The highest BCUT2D eigenvalue weighted by molar-refractivity contribution is 5.00. The van der Waals surface area contributed by atoms with Gasteiger partial charge in [0.1, 0.15) is 36.6 Å². The van der Waals surface area contributed by atoms with E-state index in [2.05, 4.69) is 0 Å². The van der Waals surface area contributed by atoms with Crippen LogP contribution >= 0.6 is 0 Å². The molecule has 0 saturated heterocycles. The molecule has 0 unspecified atom stereocenters. The van der Waals surface area contributed by atoms with Gasteiger partial charge in [-0.2, -0.15) is 0 Å². The molecule has 0 spiro atoms. The third kappa shape index (κ3) is 2.15. The highest BCUT2D eigenvalue weighted by Gasteiger charge is 2.50. The highest BCUT2D eigenvalue weighted by atomic mass is 16.6. The van der Waals surface area contributed by atoms with E-state index in [0.29, 0.717) is 0 Å². The Morgan fingerprint density at radius 3 is 1.20 bits per heavy atom. The molecular weight excluding hydrogens is 204 g/mol. The molecule has 90 valence electrons. The second kappa shape index (κ2) is 5.20. The molecule has 0 radical (unpaired) electrons. The van der Waals surface area contributed by atoms with E-state index in [1.54, 1.807) is 0 Å². The fourth-order valence-electron chi connectivity index (χ4n) is 1.98. The first kappa shape index (κ1) is 12.8. The molecule has 0 aromatic heterocycles. The van der Waals surface area contributed by atoms with E-state index in [9.17, 15) is 15.3 Å². The number of methoxy groups -OCH3 is 3. The number of hydrogen-bond acceptors (Lipinski definition) is 6. The molecular formula is C9H18O6. The quantitative estimate of drug-likeness (QED) is 0.518. The number of ether oxygens (including phenoxy) is 3. The Morgan fingerprint density at radius 1 is 0.600 bits per heavy atom. The van der Waals surface area contributed by atoms with E-state index in [1.165, 1.54) is 21.3 Å². The standard InChI is InChI=1S/C9H18O6/c1-13-7-5(11)4(10)6(12)8(14-2)9(7)15-3/h4-12H,1-3H3/t4-,5-,6-,7+,8-,9-/m1/s1. The molecule has 1 saturated carbocycles. The third-order valence-corrected chi connectivity index (χ3v) is 2.84. The fraction of sp³-hybridized carbons (Fsp3) is 1.00. The lowest BCUT2D eigenvalue weighted by molar-refractivity contribution is -0.241. The van der Waals surface area contributed by atoms with Crippen LogP contribution in [0.2, 0.25) is 0 Å². The monoisotopic (exact) mass is 222 g/mol. The predicted molar refractivity (Wildman–Crippen MR) is 50.4 cm³/mol. The molecule has 1 aliphatic carbocycles. The molecule has 0 heterocycles. The molecule has 6 nitrogen and oxygen atoms in total. The van der Waals surface area contributed by atoms with Crippen molar-refractivity contribution >= 4 is 0 Å². The van der Waals surface area contributed by atoms with E-state index in [1.807, 2.05) is 0 Å². The lowest BCUT2D eigenvalue weighted by Gasteiger charge is -2.43. The Kier molecular flexibility index (Phi) is 4.45. The maximum Gasteiger partial charge on any atom is 0.115 e. The maximum absolute atomic E-state index is 9.65. The molecule has 1 aliphatic rings. The van der Waals surface area contributed by atoms with Crippen LogP contribution in [-0.2, 0) is 14.2 Å². The van der Waals surface area contributed by atoms with Crippen LogP contribution in [0.1, 0.15) is 0 Å². The van der Waals surface area contributed by atoms with Crippen molar-refractivity contribution in [3.05, 3.63) is 0 Å². The van der Waals surface area contributed by atoms with E-state index in [0.717, 1.165) is 0 Å². The van der Waals surface area contributed by atoms with Crippen molar-refractivity contribution in [1.29, 1.82) is 0 Å². The van der Waals surface area contributed by atoms with E-state index in [-0.39, 0.29) is 0 Å². The second-order valence-electron chi connectivity index (χ2n) is 3.57. The first-order valence-electron chi connectivity index (χ1n) is 4.71. The first-order valence-corrected chi connectivity index (χ1v) is 4.71. The molecule has 15 heavy (non-hydrogen) atoms. The number of hydrogen-bond donors (Lipinski definition) is 3. The van der Waals surface area contributed by atoms with Crippen molar-refractivity contribution < 1.29 is 29.5 Å². The summed E-state index contributed by atoms with van der Waals surface area (Å²) in [6.07, 6.45) is -5.75. The average Bonchev–Trinajstić information content (AvgIpc) is 2.25. The molecule has 0 aromatic rings. The van der Waals surface area contributed by atoms with Crippen LogP contribution in [0.5, 0.6) is 0 Å². The SMILES string of the molecule is CO[C@H]1[C@H](OC)[C@H](O)[C@H](O)[C@@H](O)[C@@H]1OC. The smallest absolute Gasteiger partial charge is 0.115 e. The van der Waals surface area contributed by atoms with Crippen LogP contribution in [0.4, 0.5) is 0 Å². The summed E-state index contributed by atoms with van der Waals surface area (Å²) >= 11 is 0. The van der Waals surface area contributed by atoms with Gasteiger partial charge < -0.3 is 29.5 Å². The van der Waals surface area contributed by atoms with Gasteiger partial charge in [-0.25, -0.2) is 0 Å². The van der Waals surface area contributed by atoms with Crippen molar-refractivity contribution in [2.75, 3.05) is 21.3 Å². The van der Waals surface area contributed by atoms with Crippen LogP contribution < -0.4 is 0 Å². The van der Waals surface area contributed by atoms with Crippen molar-refractivity contribution in [1.82, 2.24) is 0 Å². The van der Waals surface area contributed by atoms with E-state index >= 15 is 0 Å². The van der Waals surface area contributed by atoms with E-state index < -0.39 is 36.6 Å². The summed E-state index contributed by atoms with van der Waals surface area (Å²) in [5.41, 5.74) is 0. The molecule has 6 atom stereocenters. The normalized spacial score (nSPS) is 46.8. The molecule has 0 amide bonds. The lowest BCUT2D eigenvalue weighted by Crippen LogP contribution is -2.65. The molecule has 0 aliphatic heterocycles. The summed E-state index contributed by atoms with van der Waals surface area (Å²) in [6.45, 7) is 0. The Hall–Kier alpha value is -0.240. The van der Waals surface area contributed by atoms with Gasteiger partial charge >= 0.3 is 0 Å². The van der Waals surface area contributed by atoms with Gasteiger partial charge in [0.05, 0.1) is 0 Å². The number of rotatable bonds is 3. The van der Waals surface area contributed by atoms with Crippen LogP contribution in [0.25, 0.3) is 0 Å². The maximum atomic E-state index is 9.65. The zero-order valence-corrected chi connectivity index (χ0v) is 9.03. The summed E-state index contributed by atoms with van der Waals surface area (Å²) in [5.74, 6) is 0. The minimum atomic E-state index is -1.30. The zero-order chi connectivity index (χ0) is 11.6. The van der Waals surface area contributed by atoms with Gasteiger partial charge in [0.15, 0.2) is 0 Å². The number of aliphatic hydroxyl groups is 3. The Balaban J connectivity index is 2.89. The Morgan fingerprint density at radius 2 is 0.933 bits per heavy atom. The third-order valence-electron chi connectivity index (χ3n) is 2.84. The van der Waals surface area contributed by atoms with Gasteiger partial charge in [-0.1, -0.05) is 0 Å². The van der Waals surface area contributed by atoms with Gasteiger partial charge in [0.2, 0.25) is 0 Å². The van der Waals surface area contributed by atoms with E-state index in [4.69, 9.17) is 14.2 Å². The molecule has 6 heteroatoms. The highest BCUT2D eigenvalue weighted by Crippen LogP contribution is 2.26. The molecule has 0 aromatic carbocycles. The summed E-state index contributed by atoms with van der Waals surface area (Å²) in [7, 11) is 4.23.